The summed E-state index contributed by atoms with van der Waals surface area (Å²) in [5.74, 6) is -0.448. The second kappa shape index (κ2) is 2.85. The number of nitrogens with one attached hydrogen (secondary N) is 1. The molecule has 2 rings (SSSR count). The predicted molar refractivity (Wildman–Crippen MR) is 46.0 cm³/mol. The molecule has 2 heterocycles. The summed E-state index contributed by atoms with van der Waals surface area (Å²) in [6, 6.07) is -0.129. The Morgan fingerprint density at radius 2 is 2.42 bits per heavy atom. The minimum Gasteiger partial charge on any atom is -0.362 e. The highest BCUT2D eigenvalue weighted by Crippen LogP contribution is 2.30. The number of aliphatic hydroxyl groups is 1. The molecule has 0 aromatic heterocycles. The van der Waals surface area contributed by atoms with E-state index in [2.05, 4.69) is 17.9 Å². The average Bonchev–Trinajstić information content (AvgIpc) is 2.89. The third-order valence-electron chi connectivity index (χ3n) is 2.24. The van der Waals surface area contributed by atoms with Crippen LogP contribution in [-0.4, -0.2) is 41.6 Å². The van der Waals surface area contributed by atoms with Gasteiger partial charge in [0.05, 0.1) is 12.1 Å². The first-order chi connectivity index (χ1) is 5.65. The van der Waals surface area contributed by atoms with Crippen LogP contribution in [0.3, 0.4) is 0 Å². The second-order valence-corrected chi connectivity index (χ2v) is 3.66. The lowest BCUT2D eigenvalue weighted by molar-refractivity contribution is 0.00481. The van der Waals surface area contributed by atoms with Crippen molar-refractivity contribution in [3.63, 3.8) is 0 Å². The first-order valence-electron chi connectivity index (χ1n) is 4.04. The zero-order valence-corrected chi connectivity index (χ0v) is 7.75. The molecule has 5 heteroatoms. The van der Waals surface area contributed by atoms with Gasteiger partial charge in [-0.1, -0.05) is 0 Å². The minimum absolute atomic E-state index is 0.0652. The number of hydrogen-bond donors (Lipinski definition) is 3. The van der Waals surface area contributed by atoms with Crippen molar-refractivity contribution in [1.82, 2.24) is 5.32 Å². The van der Waals surface area contributed by atoms with Crippen LogP contribution in [0.4, 0.5) is 0 Å². The predicted octanol–water partition coefficient (Wildman–Crippen LogP) is -0.662. The molecule has 0 bridgehead atoms. The van der Waals surface area contributed by atoms with Crippen LogP contribution in [0.1, 0.15) is 6.92 Å². The van der Waals surface area contributed by atoms with E-state index in [0.717, 1.165) is 0 Å². The molecule has 0 amide bonds. The third kappa shape index (κ3) is 1.60. The third-order valence-corrected chi connectivity index (χ3v) is 2.61. The number of ether oxygens (including phenoxy) is 2. The fourth-order valence-electron chi connectivity index (χ4n) is 1.16. The van der Waals surface area contributed by atoms with Gasteiger partial charge in [-0.15, -0.1) is 0 Å². The number of hydrogen-bond acceptors (Lipinski definition) is 5. The second-order valence-electron chi connectivity index (χ2n) is 3.30. The summed E-state index contributed by atoms with van der Waals surface area (Å²) < 4.78 is 10.1. The molecular formula is C7H13NO3S. The standard InChI is InChI=1S/C7H13NO3S/c1-4-6(11-4)8-5(2-12)7(9)3-10-7/h4-6,8-9,12H,2-3H2,1H3. The fraction of sp³-hybridized carbons (Fsp3) is 1.00. The SMILES string of the molecule is CC1OC1NC(CS)C1(O)CO1. The first kappa shape index (κ1) is 8.77. The highest BCUT2D eigenvalue weighted by molar-refractivity contribution is 7.80. The van der Waals surface area contributed by atoms with Gasteiger partial charge < -0.3 is 14.6 Å². The molecule has 2 aliphatic heterocycles. The van der Waals surface area contributed by atoms with Gasteiger partial charge in [0.15, 0.2) is 0 Å². The Morgan fingerprint density at radius 1 is 1.83 bits per heavy atom. The van der Waals surface area contributed by atoms with E-state index in [0.29, 0.717) is 12.4 Å². The highest BCUT2D eigenvalue weighted by atomic mass is 32.1. The van der Waals surface area contributed by atoms with Crippen LogP contribution in [0, 0.1) is 0 Å². The van der Waals surface area contributed by atoms with Crippen LogP contribution < -0.4 is 5.32 Å². The van der Waals surface area contributed by atoms with E-state index >= 15 is 0 Å². The quantitative estimate of drug-likeness (QED) is 0.408. The molecule has 2 fully saturated rings. The molecule has 0 aromatic rings. The molecule has 0 aliphatic carbocycles. The summed E-state index contributed by atoms with van der Waals surface area (Å²) in [6.45, 7) is 2.37. The Kier molecular flexibility index (Phi) is 2.08. The van der Waals surface area contributed by atoms with Crippen LogP contribution in [0.2, 0.25) is 0 Å². The van der Waals surface area contributed by atoms with Crippen LogP contribution >= 0.6 is 12.6 Å². The topological polar surface area (TPSA) is 57.3 Å². The van der Waals surface area contributed by atoms with Gasteiger partial charge in [0.25, 0.3) is 0 Å². The lowest BCUT2D eigenvalue weighted by atomic mass is 10.2. The van der Waals surface area contributed by atoms with Gasteiger partial charge in [-0.05, 0) is 6.92 Å². The van der Waals surface area contributed by atoms with Gasteiger partial charge in [-0.2, -0.15) is 12.6 Å². The summed E-state index contributed by atoms with van der Waals surface area (Å²) >= 11 is 4.12. The van der Waals surface area contributed by atoms with Gasteiger partial charge in [-0.25, -0.2) is 0 Å². The molecule has 0 radical (unpaired) electrons. The molecule has 4 atom stereocenters. The molecule has 0 aromatic carbocycles. The van der Waals surface area contributed by atoms with Gasteiger partial charge in [0.1, 0.15) is 12.8 Å². The lowest BCUT2D eigenvalue weighted by Gasteiger charge is -2.17. The minimum atomic E-state index is -0.993. The van der Waals surface area contributed by atoms with E-state index in [1.165, 1.54) is 0 Å². The maximum atomic E-state index is 9.56. The summed E-state index contributed by atoms with van der Waals surface area (Å²) in [4.78, 5) is 0. The molecule has 0 saturated carbocycles. The summed E-state index contributed by atoms with van der Waals surface area (Å²) in [5.41, 5.74) is 0. The van der Waals surface area contributed by atoms with Crippen molar-refractivity contribution in [1.29, 1.82) is 0 Å². The fourth-order valence-corrected chi connectivity index (χ4v) is 1.55. The Bertz CT molecular complexity index is 185. The average molecular weight is 191 g/mol. The maximum Gasteiger partial charge on any atom is 0.206 e. The first-order valence-corrected chi connectivity index (χ1v) is 4.68. The largest absolute Gasteiger partial charge is 0.362 e. The maximum absolute atomic E-state index is 9.56. The Hall–Kier alpha value is 0.190. The summed E-state index contributed by atoms with van der Waals surface area (Å²) in [6.07, 6.45) is 0.310. The molecule has 4 nitrogen and oxygen atoms in total. The molecule has 2 aliphatic rings. The zero-order valence-electron chi connectivity index (χ0n) is 6.86. The lowest BCUT2D eigenvalue weighted by Crippen LogP contribution is -2.46. The van der Waals surface area contributed by atoms with E-state index in [1.54, 1.807) is 0 Å². The Balaban J connectivity index is 1.83. The van der Waals surface area contributed by atoms with Crippen molar-refractivity contribution >= 4 is 12.6 Å². The van der Waals surface area contributed by atoms with E-state index in [-0.39, 0.29) is 18.4 Å². The smallest absolute Gasteiger partial charge is 0.206 e. The normalized spacial score (nSPS) is 47.2. The molecule has 12 heavy (non-hydrogen) atoms. The molecule has 70 valence electrons. The van der Waals surface area contributed by atoms with E-state index in [4.69, 9.17) is 9.47 Å². The van der Waals surface area contributed by atoms with Crippen molar-refractivity contribution < 1.29 is 14.6 Å². The molecule has 2 N–H and O–H groups in total. The van der Waals surface area contributed by atoms with Gasteiger partial charge in [-0.3, -0.25) is 5.32 Å². The zero-order chi connectivity index (χ0) is 8.77. The molecule has 0 spiro atoms. The Labute approximate surface area is 76.6 Å². The van der Waals surface area contributed by atoms with Crippen LogP contribution in [0.5, 0.6) is 0 Å². The van der Waals surface area contributed by atoms with Crippen LogP contribution in [0.15, 0.2) is 0 Å². The van der Waals surface area contributed by atoms with Gasteiger partial charge >= 0.3 is 0 Å². The summed E-state index contributed by atoms with van der Waals surface area (Å²) in [5, 5.41) is 12.7. The molecule has 4 unspecified atom stereocenters. The van der Waals surface area contributed by atoms with Crippen LogP contribution in [-0.2, 0) is 9.47 Å². The Morgan fingerprint density at radius 3 is 2.75 bits per heavy atom. The summed E-state index contributed by atoms with van der Waals surface area (Å²) in [7, 11) is 0. The van der Waals surface area contributed by atoms with Crippen molar-refractivity contribution in [2.75, 3.05) is 12.4 Å². The van der Waals surface area contributed by atoms with E-state index in [1.807, 2.05) is 6.92 Å². The van der Waals surface area contributed by atoms with Crippen molar-refractivity contribution in [3.8, 4) is 0 Å². The van der Waals surface area contributed by atoms with Crippen LogP contribution in [0.25, 0.3) is 0 Å². The number of rotatable bonds is 4. The number of thiol groups is 1. The van der Waals surface area contributed by atoms with Gasteiger partial charge in [0.2, 0.25) is 5.79 Å². The van der Waals surface area contributed by atoms with Crippen molar-refractivity contribution in [2.24, 2.45) is 0 Å². The number of epoxide rings is 2. The van der Waals surface area contributed by atoms with E-state index < -0.39 is 5.79 Å². The molecular weight excluding hydrogens is 178 g/mol. The van der Waals surface area contributed by atoms with Gasteiger partial charge in [0, 0.05) is 5.75 Å². The van der Waals surface area contributed by atoms with Crippen molar-refractivity contribution in [3.05, 3.63) is 0 Å². The monoisotopic (exact) mass is 191 g/mol. The highest BCUT2D eigenvalue weighted by Gasteiger charge is 2.52. The molecule has 2 saturated heterocycles. The van der Waals surface area contributed by atoms with Crippen molar-refractivity contribution in [2.45, 2.75) is 31.1 Å². The van der Waals surface area contributed by atoms with E-state index in [9.17, 15) is 5.11 Å².